The van der Waals surface area contributed by atoms with Crippen LogP contribution < -0.4 is 5.73 Å². The highest BCUT2D eigenvalue weighted by atomic mass is 35.5. The Morgan fingerprint density at radius 3 is 2.52 bits per heavy atom. The molecule has 0 atom stereocenters. The van der Waals surface area contributed by atoms with Crippen molar-refractivity contribution < 1.29 is 13.3 Å². The lowest BCUT2D eigenvalue weighted by atomic mass is 10.0. The van der Waals surface area contributed by atoms with Gasteiger partial charge in [0.05, 0.1) is 16.8 Å². The Balaban J connectivity index is 2.19. The topological polar surface area (TPSA) is 64.9 Å². The third-order valence-electron chi connectivity index (χ3n) is 2.88. The van der Waals surface area contributed by atoms with Gasteiger partial charge in [0.15, 0.2) is 11.6 Å². The number of pyridine rings is 1. The highest BCUT2D eigenvalue weighted by Gasteiger charge is 2.21. The van der Waals surface area contributed by atoms with Gasteiger partial charge in [0, 0.05) is 5.56 Å². The van der Waals surface area contributed by atoms with Crippen LogP contribution in [0.25, 0.3) is 22.6 Å². The van der Waals surface area contributed by atoms with Gasteiger partial charge in [0.25, 0.3) is 0 Å². The van der Waals surface area contributed by atoms with Gasteiger partial charge in [-0.15, -0.1) is 0 Å². The number of nitrogens with two attached hydrogens (primary N) is 1. The molecule has 3 aromatic rings. The molecule has 0 bridgehead atoms. The van der Waals surface area contributed by atoms with Crippen LogP contribution in [0.15, 0.2) is 41.1 Å². The Kier molecular flexibility index (Phi) is 3.31. The first-order chi connectivity index (χ1) is 10.1. The molecule has 0 aliphatic carbocycles. The fraction of sp³-hybridized carbons (Fsp3) is 0. The van der Waals surface area contributed by atoms with Crippen molar-refractivity contribution in [3.63, 3.8) is 0 Å². The molecular weight excluding hydrogens is 300 g/mol. The van der Waals surface area contributed by atoms with Gasteiger partial charge in [-0.2, -0.15) is 0 Å². The second-order valence-electron chi connectivity index (χ2n) is 4.26. The third-order valence-corrected chi connectivity index (χ3v) is 3.19. The van der Waals surface area contributed by atoms with Crippen LogP contribution in [0.1, 0.15) is 0 Å². The highest BCUT2D eigenvalue weighted by Crippen LogP contribution is 2.39. The second-order valence-corrected chi connectivity index (χ2v) is 4.66. The van der Waals surface area contributed by atoms with E-state index >= 15 is 0 Å². The maximum Gasteiger partial charge on any atom is 0.195 e. The molecule has 0 unspecified atom stereocenters. The summed E-state index contributed by atoms with van der Waals surface area (Å²) >= 11 is 6.03. The Labute approximate surface area is 123 Å². The molecule has 0 saturated carbocycles. The number of nitrogens with zero attached hydrogens (tertiary/aromatic N) is 2. The minimum atomic E-state index is -0.479. The van der Waals surface area contributed by atoms with Crippen molar-refractivity contribution in [2.24, 2.45) is 0 Å². The van der Waals surface area contributed by atoms with Crippen molar-refractivity contribution in [2.45, 2.75) is 0 Å². The monoisotopic (exact) mass is 307 g/mol. The molecule has 21 heavy (non-hydrogen) atoms. The van der Waals surface area contributed by atoms with Crippen molar-refractivity contribution in [3.05, 3.63) is 53.2 Å². The smallest absolute Gasteiger partial charge is 0.195 e. The number of hydrogen-bond acceptors (Lipinski definition) is 4. The van der Waals surface area contributed by atoms with Crippen LogP contribution >= 0.6 is 11.6 Å². The van der Waals surface area contributed by atoms with Crippen LogP contribution in [0, 0.1) is 11.6 Å². The van der Waals surface area contributed by atoms with Crippen LogP contribution in [0.4, 0.5) is 14.6 Å². The van der Waals surface area contributed by atoms with Crippen LogP contribution in [0.5, 0.6) is 0 Å². The molecule has 0 aliphatic rings. The van der Waals surface area contributed by atoms with Gasteiger partial charge in [0.2, 0.25) is 0 Å². The van der Waals surface area contributed by atoms with Gasteiger partial charge in [-0.3, -0.25) is 0 Å². The Morgan fingerprint density at radius 2 is 1.86 bits per heavy atom. The van der Waals surface area contributed by atoms with Gasteiger partial charge in [-0.05, 0) is 30.3 Å². The molecule has 2 aromatic heterocycles. The van der Waals surface area contributed by atoms with E-state index in [1.165, 1.54) is 24.3 Å². The largest absolute Gasteiger partial charge is 0.380 e. The van der Waals surface area contributed by atoms with Crippen LogP contribution in [0.2, 0.25) is 5.02 Å². The summed E-state index contributed by atoms with van der Waals surface area (Å²) in [5.74, 6) is -0.626. The van der Waals surface area contributed by atoms with Crippen LogP contribution in [-0.2, 0) is 0 Å². The first-order valence-electron chi connectivity index (χ1n) is 5.89. The SMILES string of the molecule is Nc1noc(-c2ccc(F)cn2)c1-c1ccc(F)cc1Cl. The molecule has 106 valence electrons. The van der Waals surface area contributed by atoms with Crippen LogP contribution in [0.3, 0.4) is 0 Å². The molecule has 7 heteroatoms. The van der Waals surface area contributed by atoms with Gasteiger partial charge in [0.1, 0.15) is 17.3 Å². The quantitative estimate of drug-likeness (QED) is 0.779. The maximum atomic E-state index is 13.1. The minimum Gasteiger partial charge on any atom is -0.380 e. The van der Waals surface area contributed by atoms with E-state index in [9.17, 15) is 8.78 Å². The number of hydrogen-bond donors (Lipinski definition) is 1. The number of benzene rings is 1. The summed E-state index contributed by atoms with van der Waals surface area (Å²) in [5.41, 5.74) is 6.98. The van der Waals surface area contributed by atoms with Gasteiger partial charge < -0.3 is 10.3 Å². The zero-order valence-corrected chi connectivity index (χ0v) is 11.2. The molecule has 2 heterocycles. The summed E-state index contributed by atoms with van der Waals surface area (Å²) in [6.07, 6.45) is 1.05. The van der Waals surface area contributed by atoms with Crippen molar-refractivity contribution in [1.82, 2.24) is 10.1 Å². The number of aromatic nitrogens is 2. The zero-order chi connectivity index (χ0) is 15.0. The summed E-state index contributed by atoms with van der Waals surface area (Å²) in [4.78, 5) is 3.91. The fourth-order valence-electron chi connectivity index (χ4n) is 1.94. The van der Waals surface area contributed by atoms with E-state index < -0.39 is 11.6 Å². The van der Waals surface area contributed by atoms with E-state index in [1.807, 2.05) is 0 Å². The molecule has 1 aromatic carbocycles. The molecule has 0 fully saturated rings. The third kappa shape index (κ3) is 2.45. The molecule has 3 rings (SSSR count). The van der Waals surface area contributed by atoms with E-state index in [1.54, 1.807) is 0 Å². The highest BCUT2D eigenvalue weighted by molar-refractivity contribution is 6.33. The number of anilines is 1. The van der Waals surface area contributed by atoms with E-state index in [2.05, 4.69) is 10.1 Å². The van der Waals surface area contributed by atoms with Gasteiger partial charge >= 0.3 is 0 Å². The summed E-state index contributed by atoms with van der Waals surface area (Å²) in [7, 11) is 0. The van der Waals surface area contributed by atoms with E-state index in [0.29, 0.717) is 16.8 Å². The first-order valence-corrected chi connectivity index (χ1v) is 6.26. The second kappa shape index (κ2) is 5.14. The normalized spacial score (nSPS) is 10.8. The van der Waals surface area contributed by atoms with Crippen LogP contribution in [-0.4, -0.2) is 10.1 Å². The molecule has 0 saturated heterocycles. The summed E-state index contributed by atoms with van der Waals surface area (Å²) in [5, 5.41) is 3.83. The molecule has 0 radical (unpaired) electrons. The van der Waals surface area contributed by atoms with E-state index in [0.717, 1.165) is 12.3 Å². The number of rotatable bonds is 2. The summed E-state index contributed by atoms with van der Waals surface area (Å²) in [6.45, 7) is 0. The maximum absolute atomic E-state index is 13.1. The Morgan fingerprint density at radius 1 is 1.10 bits per heavy atom. The van der Waals surface area contributed by atoms with E-state index in [-0.39, 0.29) is 16.6 Å². The summed E-state index contributed by atoms with van der Waals surface area (Å²) in [6, 6.07) is 6.53. The minimum absolute atomic E-state index is 0.0876. The molecule has 0 aliphatic heterocycles. The standard InChI is InChI=1S/C14H8ClF2N3O/c15-10-5-7(16)1-3-9(10)12-13(21-20-14(12)18)11-4-2-8(17)6-19-11/h1-6H,(H2,18,20). The lowest BCUT2D eigenvalue weighted by molar-refractivity contribution is 0.434. The molecular formula is C14H8ClF2N3O. The van der Waals surface area contributed by atoms with Crippen molar-refractivity contribution in [2.75, 3.05) is 5.73 Å². The predicted octanol–water partition coefficient (Wildman–Crippen LogP) is 3.92. The molecule has 4 nitrogen and oxygen atoms in total. The summed E-state index contributed by atoms with van der Waals surface area (Å²) < 4.78 is 31.2. The Hall–Kier alpha value is -2.47. The van der Waals surface area contributed by atoms with Crippen molar-refractivity contribution in [3.8, 4) is 22.6 Å². The van der Waals surface area contributed by atoms with E-state index in [4.69, 9.17) is 21.9 Å². The lowest BCUT2D eigenvalue weighted by Gasteiger charge is -2.05. The Bertz CT molecular complexity index is 802. The first kappa shape index (κ1) is 13.5. The van der Waals surface area contributed by atoms with Gasteiger partial charge in [-0.25, -0.2) is 13.8 Å². The fourth-order valence-corrected chi connectivity index (χ4v) is 2.20. The molecule has 0 amide bonds. The van der Waals surface area contributed by atoms with Gasteiger partial charge in [-0.1, -0.05) is 16.8 Å². The molecule has 2 N–H and O–H groups in total. The number of halogens is 3. The van der Waals surface area contributed by atoms with Crippen molar-refractivity contribution in [1.29, 1.82) is 0 Å². The zero-order valence-electron chi connectivity index (χ0n) is 10.5. The average Bonchev–Trinajstić information content (AvgIpc) is 2.82. The molecule has 0 spiro atoms. The number of nitrogen functional groups attached to an aromatic ring is 1. The average molecular weight is 308 g/mol. The lowest BCUT2D eigenvalue weighted by Crippen LogP contribution is -1.91. The van der Waals surface area contributed by atoms with Crippen molar-refractivity contribution >= 4 is 17.4 Å². The predicted molar refractivity (Wildman–Crippen MR) is 74.5 cm³/mol.